The standard InChI is InChI=1S/C22H28N4O3/c27-21(14-18-5-2-12-28-18)26-10-8-25(9-11-26)16-6-7-20-19(13-16)22(24-15-23-20)29-17-3-1-4-17/h6-7,13,15,17-18H,1-5,8-12,14H2. The number of hydrogen-bond donors (Lipinski definition) is 0. The van der Waals surface area contributed by atoms with E-state index in [1.54, 1.807) is 6.33 Å². The highest BCUT2D eigenvalue weighted by Crippen LogP contribution is 2.31. The Kier molecular flexibility index (Phi) is 5.23. The Morgan fingerprint density at radius 3 is 2.69 bits per heavy atom. The van der Waals surface area contributed by atoms with Gasteiger partial charge in [0, 0.05) is 38.5 Å². The van der Waals surface area contributed by atoms with Crippen LogP contribution in [0.3, 0.4) is 0 Å². The number of hydrogen-bond acceptors (Lipinski definition) is 6. The summed E-state index contributed by atoms with van der Waals surface area (Å²) < 4.78 is 11.7. The fraction of sp³-hybridized carbons (Fsp3) is 0.591. The first-order valence-electron chi connectivity index (χ1n) is 10.8. The second-order valence-electron chi connectivity index (χ2n) is 8.26. The van der Waals surface area contributed by atoms with Gasteiger partial charge in [0.1, 0.15) is 12.4 Å². The number of carbonyl (C=O) groups is 1. The molecule has 5 rings (SSSR count). The molecule has 29 heavy (non-hydrogen) atoms. The summed E-state index contributed by atoms with van der Waals surface area (Å²) in [6, 6.07) is 6.27. The number of carbonyl (C=O) groups excluding carboxylic acids is 1. The molecule has 0 bridgehead atoms. The van der Waals surface area contributed by atoms with Crippen LogP contribution in [0.15, 0.2) is 24.5 Å². The van der Waals surface area contributed by atoms with Crippen LogP contribution < -0.4 is 9.64 Å². The molecule has 1 atom stereocenters. The van der Waals surface area contributed by atoms with Crippen molar-refractivity contribution in [3.8, 4) is 5.88 Å². The van der Waals surface area contributed by atoms with Crippen LogP contribution in [-0.2, 0) is 9.53 Å². The van der Waals surface area contributed by atoms with Gasteiger partial charge < -0.3 is 19.3 Å². The summed E-state index contributed by atoms with van der Waals surface area (Å²) in [6.45, 7) is 3.95. The zero-order valence-corrected chi connectivity index (χ0v) is 16.8. The smallest absolute Gasteiger partial charge is 0.225 e. The molecule has 1 amide bonds. The Morgan fingerprint density at radius 1 is 1.10 bits per heavy atom. The fourth-order valence-corrected chi connectivity index (χ4v) is 4.30. The highest BCUT2D eigenvalue weighted by molar-refractivity contribution is 5.86. The number of rotatable bonds is 5. The van der Waals surface area contributed by atoms with E-state index >= 15 is 0 Å². The van der Waals surface area contributed by atoms with E-state index in [9.17, 15) is 4.79 Å². The second-order valence-corrected chi connectivity index (χ2v) is 8.26. The van der Waals surface area contributed by atoms with Gasteiger partial charge in [0.25, 0.3) is 0 Å². The molecule has 7 heteroatoms. The summed E-state index contributed by atoms with van der Waals surface area (Å²) in [5.74, 6) is 0.909. The minimum absolute atomic E-state index is 0.120. The lowest BCUT2D eigenvalue weighted by Gasteiger charge is -2.36. The van der Waals surface area contributed by atoms with Crippen molar-refractivity contribution < 1.29 is 14.3 Å². The van der Waals surface area contributed by atoms with Gasteiger partial charge in [0.05, 0.1) is 23.4 Å². The Labute approximate surface area is 171 Å². The molecule has 0 radical (unpaired) electrons. The van der Waals surface area contributed by atoms with Crippen LogP contribution in [0, 0.1) is 0 Å². The Bertz CT molecular complexity index is 871. The molecule has 1 saturated carbocycles. The molecule has 1 aromatic carbocycles. The summed E-state index contributed by atoms with van der Waals surface area (Å²) in [6.07, 6.45) is 8.03. The first-order valence-corrected chi connectivity index (χ1v) is 10.8. The van der Waals surface area contributed by atoms with Gasteiger partial charge in [-0.3, -0.25) is 4.79 Å². The Hall–Kier alpha value is -2.41. The normalized spacial score (nSPS) is 22.7. The molecule has 154 valence electrons. The molecule has 1 unspecified atom stereocenters. The second kappa shape index (κ2) is 8.14. The molecule has 2 aromatic rings. The number of anilines is 1. The average molecular weight is 396 g/mol. The number of nitrogens with zero attached hydrogens (tertiary/aromatic N) is 4. The number of fused-ring (bicyclic) bond motifs is 1. The van der Waals surface area contributed by atoms with Gasteiger partial charge in [-0.25, -0.2) is 9.97 Å². The van der Waals surface area contributed by atoms with Crippen molar-refractivity contribution in [2.75, 3.05) is 37.7 Å². The van der Waals surface area contributed by atoms with E-state index in [0.717, 1.165) is 75.1 Å². The number of benzene rings is 1. The van der Waals surface area contributed by atoms with Gasteiger partial charge >= 0.3 is 0 Å². The number of ether oxygens (including phenoxy) is 2. The molecule has 1 aromatic heterocycles. The maximum atomic E-state index is 12.5. The summed E-state index contributed by atoms with van der Waals surface area (Å²) in [5, 5.41) is 0.966. The van der Waals surface area contributed by atoms with Crippen LogP contribution in [0.4, 0.5) is 5.69 Å². The minimum atomic E-state index is 0.120. The van der Waals surface area contributed by atoms with Crippen LogP contribution >= 0.6 is 0 Å². The van der Waals surface area contributed by atoms with Crippen molar-refractivity contribution in [1.82, 2.24) is 14.9 Å². The van der Waals surface area contributed by atoms with Crippen LogP contribution in [0.2, 0.25) is 0 Å². The number of piperazine rings is 1. The summed E-state index contributed by atoms with van der Waals surface area (Å²) >= 11 is 0. The quantitative estimate of drug-likeness (QED) is 0.774. The largest absolute Gasteiger partial charge is 0.474 e. The van der Waals surface area contributed by atoms with Gasteiger partial charge in [-0.1, -0.05) is 0 Å². The summed E-state index contributed by atoms with van der Waals surface area (Å²) in [7, 11) is 0. The van der Waals surface area contributed by atoms with Crippen LogP contribution in [0.5, 0.6) is 5.88 Å². The number of aromatic nitrogens is 2. The van der Waals surface area contributed by atoms with Crippen LogP contribution in [-0.4, -0.2) is 65.8 Å². The van der Waals surface area contributed by atoms with E-state index in [-0.39, 0.29) is 18.1 Å². The summed E-state index contributed by atoms with van der Waals surface area (Å²) in [5.41, 5.74) is 2.04. The number of amides is 1. The third-order valence-corrected chi connectivity index (χ3v) is 6.34. The molecule has 3 heterocycles. The molecule has 2 saturated heterocycles. The SMILES string of the molecule is O=C(CC1CCCO1)N1CCN(c2ccc3ncnc(OC4CCC4)c3c2)CC1. The van der Waals surface area contributed by atoms with Crippen molar-refractivity contribution in [1.29, 1.82) is 0 Å². The fourth-order valence-electron chi connectivity index (χ4n) is 4.30. The van der Waals surface area contributed by atoms with E-state index in [4.69, 9.17) is 9.47 Å². The lowest BCUT2D eigenvalue weighted by Crippen LogP contribution is -2.49. The monoisotopic (exact) mass is 396 g/mol. The van der Waals surface area contributed by atoms with Gasteiger partial charge in [0.15, 0.2) is 0 Å². The van der Waals surface area contributed by atoms with Crippen molar-refractivity contribution in [2.45, 2.75) is 50.7 Å². The third-order valence-electron chi connectivity index (χ3n) is 6.34. The summed E-state index contributed by atoms with van der Waals surface area (Å²) in [4.78, 5) is 25.6. The predicted octanol–water partition coefficient (Wildman–Crippen LogP) is 2.78. The maximum absolute atomic E-state index is 12.5. The van der Waals surface area contributed by atoms with Gasteiger partial charge in [-0.2, -0.15) is 0 Å². The Morgan fingerprint density at radius 2 is 1.97 bits per heavy atom. The average Bonchev–Trinajstić information content (AvgIpc) is 3.23. The van der Waals surface area contributed by atoms with Crippen molar-refractivity contribution in [3.63, 3.8) is 0 Å². The first-order chi connectivity index (χ1) is 14.3. The molecule has 0 spiro atoms. The van der Waals surface area contributed by atoms with Crippen LogP contribution in [0.25, 0.3) is 10.9 Å². The molecule has 3 aliphatic rings. The zero-order chi connectivity index (χ0) is 19.6. The molecule has 1 aliphatic carbocycles. The lowest BCUT2D eigenvalue weighted by atomic mass is 9.96. The van der Waals surface area contributed by atoms with Gasteiger partial charge in [-0.15, -0.1) is 0 Å². The molecule has 7 nitrogen and oxygen atoms in total. The van der Waals surface area contributed by atoms with Gasteiger partial charge in [-0.05, 0) is 50.3 Å². The third kappa shape index (κ3) is 4.01. The molecule has 2 aliphatic heterocycles. The van der Waals surface area contributed by atoms with Crippen LogP contribution in [0.1, 0.15) is 38.5 Å². The molecular weight excluding hydrogens is 368 g/mol. The zero-order valence-electron chi connectivity index (χ0n) is 16.8. The molecular formula is C22H28N4O3. The van der Waals surface area contributed by atoms with Crippen molar-refractivity contribution in [2.24, 2.45) is 0 Å². The maximum Gasteiger partial charge on any atom is 0.225 e. The highest BCUT2D eigenvalue weighted by atomic mass is 16.5. The molecule has 3 fully saturated rings. The Balaban J connectivity index is 1.25. The van der Waals surface area contributed by atoms with Gasteiger partial charge in [0.2, 0.25) is 11.8 Å². The van der Waals surface area contributed by atoms with E-state index in [0.29, 0.717) is 12.3 Å². The van der Waals surface area contributed by atoms with E-state index in [1.165, 1.54) is 6.42 Å². The van der Waals surface area contributed by atoms with E-state index < -0.39 is 0 Å². The topological polar surface area (TPSA) is 67.8 Å². The van der Waals surface area contributed by atoms with Crippen molar-refractivity contribution >= 4 is 22.5 Å². The predicted molar refractivity (Wildman–Crippen MR) is 110 cm³/mol. The van der Waals surface area contributed by atoms with Crippen molar-refractivity contribution in [3.05, 3.63) is 24.5 Å². The molecule has 0 N–H and O–H groups in total. The van der Waals surface area contributed by atoms with E-state index in [2.05, 4.69) is 27.0 Å². The highest BCUT2D eigenvalue weighted by Gasteiger charge is 2.26. The first kappa shape index (κ1) is 18.6. The lowest BCUT2D eigenvalue weighted by molar-refractivity contribution is -0.133. The minimum Gasteiger partial charge on any atom is -0.474 e. The van der Waals surface area contributed by atoms with E-state index in [1.807, 2.05) is 11.0 Å².